The minimum atomic E-state index is -0.962. The minimum absolute atomic E-state index is 0.261. The van der Waals surface area contributed by atoms with Gasteiger partial charge in [-0.25, -0.2) is 4.98 Å². The van der Waals surface area contributed by atoms with E-state index in [0.29, 0.717) is 6.54 Å². The molecule has 5 nitrogen and oxygen atoms in total. The molecule has 2 atom stereocenters. The van der Waals surface area contributed by atoms with E-state index in [1.807, 2.05) is 5.38 Å². The van der Waals surface area contributed by atoms with Gasteiger partial charge in [0, 0.05) is 11.3 Å². The molecule has 0 aliphatic rings. The van der Waals surface area contributed by atoms with E-state index in [9.17, 15) is 9.59 Å². The molecule has 2 unspecified atom stereocenters. The Kier molecular flexibility index (Phi) is 4.42. The third kappa shape index (κ3) is 3.30. The van der Waals surface area contributed by atoms with E-state index in [1.165, 1.54) is 18.3 Å². The summed E-state index contributed by atoms with van der Waals surface area (Å²) in [7, 11) is 0. The zero-order chi connectivity index (χ0) is 12.1. The molecule has 1 aromatic rings. The highest BCUT2D eigenvalue weighted by molar-refractivity contribution is 7.07. The highest BCUT2D eigenvalue weighted by Crippen LogP contribution is 2.11. The summed E-state index contributed by atoms with van der Waals surface area (Å²) in [6.07, 6.45) is 0. The smallest absolute Gasteiger partial charge is 0.307 e. The van der Waals surface area contributed by atoms with E-state index in [1.54, 1.807) is 12.4 Å². The Bertz CT molecular complexity index is 364. The molecule has 6 heteroatoms. The van der Waals surface area contributed by atoms with E-state index in [0.717, 1.165) is 5.69 Å². The molecule has 0 fully saturated rings. The monoisotopic (exact) mass is 242 g/mol. The summed E-state index contributed by atoms with van der Waals surface area (Å²) in [6, 6.07) is 0. The van der Waals surface area contributed by atoms with Gasteiger partial charge in [0.25, 0.3) is 0 Å². The number of hydrogen-bond acceptors (Lipinski definition) is 4. The molecule has 16 heavy (non-hydrogen) atoms. The third-order valence-electron chi connectivity index (χ3n) is 2.48. The lowest BCUT2D eigenvalue weighted by atomic mass is 9.95. The topological polar surface area (TPSA) is 79.3 Å². The van der Waals surface area contributed by atoms with Crippen LogP contribution in [0.5, 0.6) is 0 Å². The van der Waals surface area contributed by atoms with Gasteiger partial charge >= 0.3 is 5.97 Å². The first kappa shape index (κ1) is 12.6. The van der Waals surface area contributed by atoms with E-state index in [-0.39, 0.29) is 5.91 Å². The summed E-state index contributed by atoms with van der Waals surface area (Å²) in [6.45, 7) is 3.48. The molecule has 0 aliphatic carbocycles. The molecule has 1 heterocycles. The van der Waals surface area contributed by atoms with Crippen molar-refractivity contribution in [2.45, 2.75) is 20.4 Å². The first-order chi connectivity index (χ1) is 7.52. The number of amides is 1. The van der Waals surface area contributed by atoms with E-state index in [4.69, 9.17) is 5.11 Å². The Morgan fingerprint density at radius 3 is 2.69 bits per heavy atom. The largest absolute Gasteiger partial charge is 0.481 e. The van der Waals surface area contributed by atoms with Gasteiger partial charge in [0.15, 0.2) is 0 Å². The summed E-state index contributed by atoms with van der Waals surface area (Å²) < 4.78 is 0. The number of carbonyl (C=O) groups excluding carboxylic acids is 1. The van der Waals surface area contributed by atoms with Crippen molar-refractivity contribution >= 4 is 23.2 Å². The summed E-state index contributed by atoms with van der Waals surface area (Å²) in [5, 5.41) is 13.3. The van der Waals surface area contributed by atoms with Crippen LogP contribution in [-0.2, 0) is 16.1 Å². The summed E-state index contributed by atoms with van der Waals surface area (Å²) in [4.78, 5) is 26.3. The second kappa shape index (κ2) is 5.60. The van der Waals surface area contributed by atoms with Crippen LogP contribution in [0.1, 0.15) is 19.5 Å². The van der Waals surface area contributed by atoms with Gasteiger partial charge in [-0.2, -0.15) is 0 Å². The Morgan fingerprint density at radius 2 is 2.19 bits per heavy atom. The number of aromatic nitrogens is 1. The van der Waals surface area contributed by atoms with Crippen molar-refractivity contribution in [3.05, 3.63) is 16.6 Å². The van der Waals surface area contributed by atoms with E-state index in [2.05, 4.69) is 10.3 Å². The van der Waals surface area contributed by atoms with Crippen molar-refractivity contribution in [3.63, 3.8) is 0 Å². The zero-order valence-electron chi connectivity index (χ0n) is 9.14. The molecule has 0 aromatic carbocycles. The van der Waals surface area contributed by atoms with Crippen LogP contribution in [0.4, 0.5) is 0 Å². The average Bonchev–Trinajstić information content (AvgIpc) is 2.76. The highest BCUT2D eigenvalue weighted by Gasteiger charge is 2.25. The quantitative estimate of drug-likeness (QED) is 0.810. The van der Waals surface area contributed by atoms with Crippen LogP contribution < -0.4 is 5.32 Å². The highest BCUT2D eigenvalue weighted by atomic mass is 32.1. The maximum absolute atomic E-state index is 11.6. The lowest BCUT2D eigenvalue weighted by Crippen LogP contribution is -2.34. The Hall–Kier alpha value is -1.43. The number of nitrogens with one attached hydrogen (secondary N) is 1. The molecule has 0 saturated heterocycles. The zero-order valence-corrected chi connectivity index (χ0v) is 9.95. The number of carboxylic acid groups (broad SMARTS) is 1. The van der Waals surface area contributed by atoms with Crippen LogP contribution in [0, 0.1) is 11.8 Å². The van der Waals surface area contributed by atoms with Gasteiger partial charge in [-0.05, 0) is 0 Å². The van der Waals surface area contributed by atoms with Crippen molar-refractivity contribution in [3.8, 4) is 0 Å². The third-order valence-corrected chi connectivity index (χ3v) is 3.12. The average molecular weight is 242 g/mol. The number of thiazole rings is 1. The molecule has 88 valence electrons. The normalized spacial score (nSPS) is 14.1. The Labute approximate surface area is 97.5 Å². The molecule has 0 bridgehead atoms. The number of nitrogens with zero attached hydrogens (tertiary/aromatic N) is 1. The summed E-state index contributed by atoms with van der Waals surface area (Å²) in [5.41, 5.74) is 2.47. The van der Waals surface area contributed by atoms with Gasteiger partial charge in [-0.1, -0.05) is 13.8 Å². The molecule has 1 rings (SSSR count). The minimum Gasteiger partial charge on any atom is -0.481 e. The maximum Gasteiger partial charge on any atom is 0.307 e. The predicted octanol–water partition coefficient (Wildman–Crippen LogP) is 1.12. The summed E-state index contributed by atoms with van der Waals surface area (Å²) >= 11 is 1.45. The van der Waals surface area contributed by atoms with Gasteiger partial charge in [-0.3, -0.25) is 9.59 Å². The van der Waals surface area contributed by atoms with Gasteiger partial charge in [0.05, 0.1) is 23.7 Å². The second-order valence-electron chi connectivity index (χ2n) is 3.61. The van der Waals surface area contributed by atoms with Crippen LogP contribution in [0.3, 0.4) is 0 Å². The fraction of sp³-hybridized carbons (Fsp3) is 0.500. The first-order valence-electron chi connectivity index (χ1n) is 4.90. The fourth-order valence-electron chi connectivity index (χ4n) is 1.10. The first-order valence-corrected chi connectivity index (χ1v) is 5.84. The van der Waals surface area contributed by atoms with Crippen molar-refractivity contribution < 1.29 is 14.7 Å². The van der Waals surface area contributed by atoms with Crippen molar-refractivity contribution in [2.75, 3.05) is 0 Å². The number of carbonyl (C=O) groups is 2. The Balaban J connectivity index is 2.43. The number of carboxylic acids is 1. The molecule has 1 amide bonds. The van der Waals surface area contributed by atoms with E-state index >= 15 is 0 Å². The van der Waals surface area contributed by atoms with Gasteiger partial charge in [-0.15, -0.1) is 11.3 Å². The second-order valence-corrected chi connectivity index (χ2v) is 4.33. The molecule has 0 spiro atoms. The standard InChI is InChI=1S/C10H14N2O3S/c1-6(7(2)10(14)15)9(13)11-3-8-4-16-5-12-8/h4-7H,3H2,1-2H3,(H,11,13)(H,14,15). The van der Waals surface area contributed by atoms with Gasteiger partial charge in [0.1, 0.15) is 0 Å². The molecule has 0 saturated carbocycles. The van der Waals surface area contributed by atoms with Crippen molar-refractivity contribution in [2.24, 2.45) is 11.8 Å². The lowest BCUT2D eigenvalue weighted by Gasteiger charge is -2.15. The van der Waals surface area contributed by atoms with Crippen molar-refractivity contribution in [1.29, 1.82) is 0 Å². The SMILES string of the molecule is CC(C(=O)O)C(C)C(=O)NCc1cscn1. The van der Waals surface area contributed by atoms with E-state index < -0.39 is 17.8 Å². The molecule has 0 radical (unpaired) electrons. The summed E-state index contributed by atoms with van der Waals surface area (Å²) in [5.74, 6) is -2.45. The van der Waals surface area contributed by atoms with Crippen LogP contribution in [0.25, 0.3) is 0 Å². The van der Waals surface area contributed by atoms with Crippen LogP contribution in [0.15, 0.2) is 10.9 Å². The van der Waals surface area contributed by atoms with Crippen molar-refractivity contribution in [1.82, 2.24) is 10.3 Å². The number of hydrogen-bond donors (Lipinski definition) is 2. The van der Waals surface area contributed by atoms with Crippen LogP contribution in [-0.4, -0.2) is 22.0 Å². The number of rotatable bonds is 5. The lowest BCUT2D eigenvalue weighted by molar-refractivity contribution is -0.146. The van der Waals surface area contributed by atoms with Gasteiger partial charge in [0.2, 0.25) is 5.91 Å². The Morgan fingerprint density at radius 1 is 1.50 bits per heavy atom. The molecular weight excluding hydrogens is 228 g/mol. The van der Waals surface area contributed by atoms with Crippen LogP contribution >= 0.6 is 11.3 Å². The molecule has 0 aliphatic heterocycles. The number of aliphatic carboxylic acids is 1. The van der Waals surface area contributed by atoms with Gasteiger partial charge < -0.3 is 10.4 Å². The molecule has 1 aromatic heterocycles. The van der Waals surface area contributed by atoms with Crippen LogP contribution in [0.2, 0.25) is 0 Å². The maximum atomic E-state index is 11.6. The predicted molar refractivity (Wildman–Crippen MR) is 59.9 cm³/mol. The molecular formula is C10H14N2O3S. The molecule has 2 N–H and O–H groups in total. The fourth-order valence-corrected chi connectivity index (χ4v) is 1.66.